The van der Waals surface area contributed by atoms with Gasteiger partial charge in [-0.3, -0.25) is 0 Å². The van der Waals surface area contributed by atoms with Crippen molar-refractivity contribution in [2.75, 3.05) is 12.3 Å². The Morgan fingerprint density at radius 1 is 1.21 bits per heavy atom. The van der Waals surface area contributed by atoms with Gasteiger partial charge in [0.1, 0.15) is 4.90 Å². The topological polar surface area (TPSA) is 72.2 Å². The van der Waals surface area contributed by atoms with Crippen LogP contribution < -0.4 is 10.5 Å². The number of hydrogen-bond donors (Lipinski definition) is 2. The third-order valence-corrected chi connectivity index (χ3v) is 5.35. The molecule has 1 aromatic rings. The molecule has 0 saturated carbocycles. The Labute approximate surface area is 124 Å². The van der Waals surface area contributed by atoms with Gasteiger partial charge in [0, 0.05) is 12.2 Å². The van der Waals surface area contributed by atoms with Crippen molar-refractivity contribution in [3.05, 3.63) is 22.2 Å². The summed E-state index contributed by atoms with van der Waals surface area (Å²) in [6.07, 6.45) is 1.81. The quantitative estimate of drug-likeness (QED) is 0.788. The minimum absolute atomic E-state index is 0.0297. The zero-order valence-electron chi connectivity index (χ0n) is 10.9. The highest BCUT2D eigenvalue weighted by Crippen LogP contribution is 2.31. The first-order valence-electron chi connectivity index (χ1n) is 6.06. The molecule has 19 heavy (non-hydrogen) atoms. The van der Waals surface area contributed by atoms with Gasteiger partial charge in [-0.2, -0.15) is 0 Å². The lowest BCUT2D eigenvalue weighted by Crippen LogP contribution is -2.29. The van der Waals surface area contributed by atoms with Crippen LogP contribution in [0.5, 0.6) is 0 Å². The smallest absolute Gasteiger partial charge is 0.243 e. The van der Waals surface area contributed by atoms with E-state index < -0.39 is 10.0 Å². The number of hydrogen-bond acceptors (Lipinski definition) is 3. The van der Waals surface area contributed by atoms with Gasteiger partial charge < -0.3 is 5.73 Å². The SMILES string of the molecule is CCC(CC)CNS(=O)(=O)c1c(Cl)cc(N)cc1Cl. The molecule has 0 radical (unpaired) electrons. The third kappa shape index (κ3) is 4.24. The van der Waals surface area contributed by atoms with Crippen LogP contribution in [0.3, 0.4) is 0 Å². The molecular formula is C12H18Cl2N2O2S. The van der Waals surface area contributed by atoms with E-state index in [9.17, 15) is 8.42 Å². The lowest BCUT2D eigenvalue weighted by atomic mass is 10.0. The van der Waals surface area contributed by atoms with E-state index in [1.54, 1.807) is 0 Å². The summed E-state index contributed by atoms with van der Waals surface area (Å²) in [6, 6.07) is 2.75. The van der Waals surface area contributed by atoms with Crippen LogP contribution in [-0.4, -0.2) is 15.0 Å². The average molecular weight is 325 g/mol. The highest BCUT2D eigenvalue weighted by Gasteiger charge is 2.22. The molecule has 0 aliphatic carbocycles. The van der Waals surface area contributed by atoms with Crippen LogP contribution in [0, 0.1) is 5.92 Å². The highest BCUT2D eigenvalue weighted by molar-refractivity contribution is 7.89. The van der Waals surface area contributed by atoms with Crippen molar-refractivity contribution in [3.63, 3.8) is 0 Å². The minimum atomic E-state index is -3.72. The van der Waals surface area contributed by atoms with Gasteiger partial charge in [-0.25, -0.2) is 13.1 Å². The van der Waals surface area contributed by atoms with Crippen molar-refractivity contribution >= 4 is 38.9 Å². The van der Waals surface area contributed by atoms with Crippen molar-refractivity contribution in [2.45, 2.75) is 31.6 Å². The summed E-state index contributed by atoms with van der Waals surface area (Å²) in [5.41, 5.74) is 5.88. The second-order valence-electron chi connectivity index (χ2n) is 4.35. The molecule has 108 valence electrons. The summed E-state index contributed by atoms with van der Waals surface area (Å²) in [5.74, 6) is 0.293. The van der Waals surface area contributed by atoms with E-state index in [4.69, 9.17) is 28.9 Å². The summed E-state index contributed by atoms with van der Waals surface area (Å²) in [5, 5.41) is 0.0593. The van der Waals surface area contributed by atoms with Crippen molar-refractivity contribution in [1.82, 2.24) is 4.72 Å². The second kappa shape index (κ2) is 6.79. The van der Waals surface area contributed by atoms with E-state index in [2.05, 4.69) is 4.72 Å². The third-order valence-electron chi connectivity index (χ3n) is 3.01. The average Bonchev–Trinajstić information content (AvgIpc) is 2.28. The van der Waals surface area contributed by atoms with Gasteiger partial charge in [0.25, 0.3) is 0 Å². The number of anilines is 1. The molecule has 0 spiro atoms. The maximum absolute atomic E-state index is 12.2. The molecule has 3 N–H and O–H groups in total. The van der Waals surface area contributed by atoms with Crippen molar-refractivity contribution in [2.24, 2.45) is 5.92 Å². The van der Waals surface area contributed by atoms with E-state index in [0.717, 1.165) is 12.8 Å². The molecular weight excluding hydrogens is 307 g/mol. The molecule has 0 fully saturated rings. The predicted molar refractivity (Wildman–Crippen MR) is 80.1 cm³/mol. The molecule has 0 bridgehead atoms. The maximum atomic E-state index is 12.2. The van der Waals surface area contributed by atoms with Crippen molar-refractivity contribution in [1.29, 1.82) is 0 Å². The second-order valence-corrected chi connectivity index (χ2v) is 6.87. The Bertz CT molecular complexity index is 520. The fraction of sp³-hybridized carbons (Fsp3) is 0.500. The maximum Gasteiger partial charge on any atom is 0.243 e. The molecule has 0 aliphatic rings. The monoisotopic (exact) mass is 324 g/mol. The Morgan fingerprint density at radius 2 is 1.68 bits per heavy atom. The first-order valence-corrected chi connectivity index (χ1v) is 8.29. The molecule has 4 nitrogen and oxygen atoms in total. The molecule has 0 aliphatic heterocycles. The summed E-state index contributed by atoms with van der Waals surface area (Å²) in [4.78, 5) is -0.115. The zero-order chi connectivity index (χ0) is 14.6. The molecule has 1 rings (SSSR count). The predicted octanol–water partition coefficient (Wildman–Crippen LogP) is 3.29. The van der Waals surface area contributed by atoms with Crippen LogP contribution in [0.2, 0.25) is 10.0 Å². The van der Waals surface area contributed by atoms with Gasteiger partial charge in [0.2, 0.25) is 10.0 Å². The summed E-state index contributed by atoms with van der Waals surface area (Å²) in [7, 11) is -3.72. The number of sulfonamides is 1. The van der Waals surface area contributed by atoms with Crippen LogP contribution in [0.1, 0.15) is 26.7 Å². The Morgan fingerprint density at radius 3 is 2.11 bits per heavy atom. The first kappa shape index (κ1) is 16.6. The summed E-state index contributed by atoms with van der Waals surface area (Å²) in [6.45, 7) is 4.41. The lowest BCUT2D eigenvalue weighted by Gasteiger charge is -2.15. The largest absolute Gasteiger partial charge is 0.399 e. The molecule has 0 heterocycles. The molecule has 7 heteroatoms. The molecule has 0 amide bonds. The van der Waals surface area contributed by atoms with Crippen LogP contribution in [-0.2, 0) is 10.0 Å². The van der Waals surface area contributed by atoms with Crippen LogP contribution >= 0.6 is 23.2 Å². The van der Waals surface area contributed by atoms with Crippen LogP contribution in [0.25, 0.3) is 0 Å². The Kier molecular flexibility index (Phi) is 5.92. The standard InChI is InChI=1S/C12H18Cl2N2O2S/c1-3-8(4-2)7-16-19(17,18)12-10(13)5-9(15)6-11(12)14/h5-6,8,16H,3-4,7,15H2,1-2H3. The van der Waals surface area contributed by atoms with Gasteiger partial charge in [0.05, 0.1) is 10.0 Å². The normalized spacial score (nSPS) is 12.1. The van der Waals surface area contributed by atoms with Gasteiger partial charge >= 0.3 is 0 Å². The van der Waals surface area contributed by atoms with E-state index >= 15 is 0 Å². The van der Waals surface area contributed by atoms with Gasteiger partial charge in [-0.1, -0.05) is 49.9 Å². The lowest BCUT2D eigenvalue weighted by molar-refractivity contribution is 0.479. The van der Waals surface area contributed by atoms with Gasteiger partial charge in [-0.15, -0.1) is 0 Å². The Hall–Kier alpha value is -0.490. The van der Waals surface area contributed by atoms with Gasteiger partial charge in [0.15, 0.2) is 0 Å². The molecule has 1 aromatic carbocycles. The number of rotatable bonds is 6. The number of nitrogen functional groups attached to an aromatic ring is 1. The zero-order valence-corrected chi connectivity index (χ0v) is 13.2. The fourth-order valence-corrected chi connectivity index (χ4v) is 4.06. The van der Waals surface area contributed by atoms with Crippen molar-refractivity contribution in [3.8, 4) is 0 Å². The molecule has 0 saturated heterocycles. The number of halogens is 2. The van der Waals surface area contributed by atoms with Gasteiger partial charge in [-0.05, 0) is 18.1 Å². The van der Waals surface area contributed by atoms with E-state index in [1.807, 2.05) is 13.8 Å². The van der Waals surface area contributed by atoms with E-state index in [0.29, 0.717) is 18.2 Å². The summed E-state index contributed by atoms with van der Waals surface area (Å²) >= 11 is 11.8. The van der Waals surface area contributed by atoms with Crippen molar-refractivity contribution < 1.29 is 8.42 Å². The summed E-state index contributed by atoms with van der Waals surface area (Å²) < 4.78 is 26.9. The fourth-order valence-electron chi connectivity index (χ4n) is 1.71. The number of nitrogens with one attached hydrogen (secondary N) is 1. The number of benzene rings is 1. The van der Waals surface area contributed by atoms with Crippen LogP contribution in [0.4, 0.5) is 5.69 Å². The minimum Gasteiger partial charge on any atom is -0.399 e. The highest BCUT2D eigenvalue weighted by atomic mass is 35.5. The molecule has 0 unspecified atom stereocenters. The van der Waals surface area contributed by atoms with Crippen LogP contribution in [0.15, 0.2) is 17.0 Å². The van der Waals surface area contributed by atoms with E-state index in [-0.39, 0.29) is 14.9 Å². The first-order chi connectivity index (χ1) is 8.81. The molecule has 0 atom stereocenters. The molecule has 0 aromatic heterocycles. The Balaban J connectivity index is 3.01. The van der Waals surface area contributed by atoms with E-state index in [1.165, 1.54) is 12.1 Å². The number of nitrogens with two attached hydrogens (primary N) is 1.